The van der Waals surface area contributed by atoms with E-state index in [-0.39, 0.29) is 34.4 Å². The highest BCUT2D eigenvalue weighted by Gasteiger charge is 2.19. The molecular formula is C13H10Cl2N2O2. The van der Waals surface area contributed by atoms with Crippen molar-refractivity contribution in [1.29, 1.82) is 0 Å². The lowest BCUT2D eigenvalue weighted by atomic mass is 10.1. The maximum absolute atomic E-state index is 12.0. The van der Waals surface area contributed by atoms with Gasteiger partial charge in [0.25, 0.3) is 0 Å². The zero-order valence-electron chi connectivity index (χ0n) is 10.1. The number of rotatable bonds is 4. The Balaban J connectivity index is 2.20. The standard InChI is InChI=1S/C13H10Cl2N2O2/c1-17-5-4-16-13(17)12(19)7-11(18)9-6-8(14)2-3-10(9)15/h2-6H,7H2,1H3. The van der Waals surface area contributed by atoms with Crippen LogP contribution in [-0.4, -0.2) is 21.1 Å². The van der Waals surface area contributed by atoms with E-state index >= 15 is 0 Å². The van der Waals surface area contributed by atoms with Crippen LogP contribution in [0.4, 0.5) is 0 Å². The normalized spacial score (nSPS) is 10.5. The summed E-state index contributed by atoms with van der Waals surface area (Å²) in [7, 11) is 1.69. The number of hydrogen-bond donors (Lipinski definition) is 0. The summed E-state index contributed by atoms with van der Waals surface area (Å²) in [4.78, 5) is 27.9. The van der Waals surface area contributed by atoms with Crippen LogP contribution < -0.4 is 0 Å². The van der Waals surface area contributed by atoms with Crippen LogP contribution in [0, 0.1) is 0 Å². The largest absolute Gasteiger partial charge is 0.332 e. The zero-order chi connectivity index (χ0) is 14.0. The summed E-state index contributed by atoms with van der Waals surface area (Å²) < 4.78 is 1.56. The highest BCUT2D eigenvalue weighted by molar-refractivity contribution is 6.36. The SMILES string of the molecule is Cn1ccnc1C(=O)CC(=O)c1cc(Cl)ccc1Cl. The Hall–Kier alpha value is -1.65. The molecule has 0 amide bonds. The van der Waals surface area contributed by atoms with Crippen molar-refractivity contribution in [3.63, 3.8) is 0 Å². The molecule has 2 rings (SSSR count). The maximum atomic E-state index is 12.0. The highest BCUT2D eigenvalue weighted by Crippen LogP contribution is 2.22. The minimum atomic E-state index is -0.375. The molecule has 0 spiro atoms. The summed E-state index contributed by atoms with van der Waals surface area (Å²) in [6.45, 7) is 0. The summed E-state index contributed by atoms with van der Waals surface area (Å²) in [5.41, 5.74) is 0.247. The number of carbonyl (C=O) groups excluding carboxylic acids is 2. The lowest BCUT2D eigenvalue weighted by Crippen LogP contribution is -2.13. The second kappa shape index (κ2) is 5.55. The summed E-state index contributed by atoms with van der Waals surface area (Å²) in [5.74, 6) is -0.486. The molecule has 0 bridgehead atoms. The zero-order valence-corrected chi connectivity index (χ0v) is 11.6. The van der Waals surface area contributed by atoms with Crippen molar-refractivity contribution in [2.45, 2.75) is 6.42 Å². The molecule has 0 aliphatic heterocycles. The third-order valence-electron chi connectivity index (χ3n) is 2.62. The Labute approximate surface area is 120 Å². The second-order valence-corrected chi connectivity index (χ2v) is 4.85. The van der Waals surface area contributed by atoms with E-state index in [1.807, 2.05) is 0 Å². The van der Waals surface area contributed by atoms with Crippen molar-refractivity contribution in [2.24, 2.45) is 7.05 Å². The van der Waals surface area contributed by atoms with Gasteiger partial charge in [0.1, 0.15) is 0 Å². The van der Waals surface area contributed by atoms with Gasteiger partial charge in [0.15, 0.2) is 11.6 Å². The van der Waals surface area contributed by atoms with Crippen molar-refractivity contribution in [3.05, 3.63) is 52.0 Å². The van der Waals surface area contributed by atoms with E-state index in [0.717, 1.165) is 0 Å². The van der Waals surface area contributed by atoms with Crippen LogP contribution >= 0.6 is 23.2 Å². The summed E-state index contributed by atoms with van der Waals surface area (Å²) in [6, 6.07) is 4.57. The predicted octanol–water partition coefficient (Wildman–Crippen LogP) is 3.18. The van der Waals surface area contributed by atoms with E-state index in [4.69, 9.17) is 23.2 Å². The number of imidazole rings is 1. The van der Waals surface area contributed by atoms with E-state index < -0.39 is 0 Å². The highest BCUT2D eigenvalue weighted by atomic mass is 35.5. The number of carbonyl (C=O) groups is 2. The number of Topliss-reactive ketones (excluding diaryl/α,β-unsaturated/α-hetero) is 2. The molecule has 0 radical (unpaired) electrons. The molecule has 19 heavy (non-hydrogen) atoms. The number of aromatic nitrogens is 2. The van der Waals surface area contributed by atoms with Gasteiger partial charge in [-0.3, -0.25) is 9.59 Å². The summed E-state index contributed by atoms with van der Waals surface area (Å²) in [6.07, 6.45) is 2.86. The number of benzene rings is 1. The van der Waals surface area contributed by atoms with Crippen LogP contribution in [0.5, 0.6) is 0 Å². The van der Waals surface area contributed by atoms with Crippen LogP contribution in [0.25, 0.3) is 0 Å². The smallest absolute Gasteiger partial charge is 0.205 e. The van der Waals surface area contributed by atoms with E-state index in [0.29, 0.717) is 5.02 Å². The van der Waals surface area contributed by atoms with E-state index in [1.165, 1.54) is 18.3 Å². The minimum absolute atomic E-state index is 0.242. The van der Waals surface area contributed by atoms with Crippen molar-refractivity contribution < 1.29 is 9.59 Å². The molecule has 1 heterocycles. The molecule has 0 saturated carbocycles. The molecule has 0 fully saturated rings. The number of hydrogen-bond acceptors (Lipinski definition) is 3. The van der Waals surface area contributed by atoms with Crippen molar-refractivity contribution >= 4 is 34.8 Å². The van der Waals surface area contributed by atoms with E-state index in [2.05, 4.69) is 4.98 Å². The molecular weight excluding hydrogens is 287 g/mol. The van der Waals surface area contributed by atoms with Crippen molar-refractivity contribution in [3.8, 4) is 0 Å². The maximum Gasteiger partial charge on any atom is 0.205 e. The van der Waals surface area contributed by atoms with Gasteiger partial charge in [0.2, 0.25) is 5.78 Å². The Kier molecular flexibility index (Phi) is 4.02. The monoisotopic (exact) mass is 296 g/mol. The van der Waals surface area contributed by atoms with Crippen molar-refractivity contribution in [2.75, 3.05) is 0 Å². The lowest BCUT2D eigenvalue weighted by molar-refractivity contribution is 0.0887. The molecule has 1 aromatic carbocycles. The van der Waals surface area contributed by atoms with Gasteiger partial charge in [-0.15, -0.1) is 0 Å². The van der Waals surface area contributed by atoms with Gasteiger partial charge < -0.3 is 4.57 Å². The fraction of sp³-hybridized carbons (Fsp3) is 0.154. The summed E-state index contributed by atoms with van der Waals surface area (Å²) in [5, 5.41) is 0.680. The molecule has 0 unspecified atom stereocenters. The first-order valence-electron chi connectivity index (χ1n) is 5.48. The minimum Gasteiger partial charge on any atom is -0.332 e. The number of nitrogens with zero attached hydrogens (tertiary/aromatic N) is 2. The van der Waals surface area contributed by atoms with Gasteiger partial charge in [-0.25, -0.2) is 4.98 Å². The van der Waals surface area contributed by atoms with Crippen LogP contribution in [0.15, 0.2) is 30.6 Å². The predicted molar refractivity (Wildman–Crippen MR) is 72.9 cm³/mol. The van der Waals surface area contributed by atoms with E-state index in [9.17, 15) is 9.59 Å². The summed E-state index contributed by atoms with van der Waals surface area (Å²) >= 11 is 11.7. The molecule has 6 heteroatoms. The second-order valence-electron chi connectivity index (χ2n) is 4.01. The van der Waals surface area contributed by atoms with Gasteiger partial charge in [-0.1, -0.05) is 23.2 Å². The average molecular weight is 297 g/mol. The average Bonchev–Trinajstić information content (AvgIpc) is 2.78. The van der Waals surface area contributed by atoms with Gasteiger partial charge in [-0.05, 0) is 18.2 Å². The third kappa shape index (κ3) is 3.03. The molecule has 98 valence electrons. The van der Waals surface area contributed by atoms with E-state index in [1.54, 1.807) is 23.9 Å². The fourth-order valence-electron chi connectivity index (χ4n) is 1.67. The Morgan fingerprint density at radius 2 is 2.00 bits per heavy atom. The Morgan fingerprint density at radius 3 is 2.63 bits per heavy atom. The van der Waals surface area contributed by atoms with Gasteiger partial charge in [-0.2, -0.15) is 0 Å². The fourth-order valence-corrected chi connectivity index (χ4v) is 2.06. The lowest BCUT2D eigenvalue weighted by Gasteiger charge is -2.04. The molecule has 0 aliphatic carbocycles. The van der Waals surface area contributed by atoms with Crippen molar-refractivity contribution in [1.82, 2.24) is 9.55 Å². The molecule has 0 saturated heterocycles. The van der Waals surface area contributed by atoms with Gasteiger partial charge in [0.05, 0.1) is 11.4 Å². The Bertz CT molecular complexity index is 650. The Morgan fingerprint density at radius 1 is 1.26 bits per heavy atom. The van der Waals surface area contributed by atoms with Gasteiger partial charge in [0, 0.05) is 30.0 Å². The van der Waals surface area contributed by atoms with Gasteiger partial charge >= 0.3 is 0 Å². The molecule has 4 nitrogen and oxygen atoms in total. The molecule has 0 aliphatic rings. The topological polar surface area (TPSA) is 52.0 Å². The van der Waals surface area contributed by atoms with Crippen LogP contribution in [-0.2, 0) is 7.05 Å². The number of aryl methyl sites for hydroxylation is 1. The number of ketones is 2. The molecule has 0 atom stereocenters. The van der Waals surface area contributed by atoms with Crippen LogP contribution in [0.1, 0.15) is 27.4 Å². The van der Waals surface area contributed by atoms with Crippen LogP contribution in [0.3, 0.4) is 0 Å². The third-order valence-corrected chi connectivity index (χ3v) is 3.19. The first kappa shape index (κ1) is 13.8. The molecule has 1 aromatic heterocycles. The molecule has 2 aromatic rings. The molecule has 0 N–H and O–H groups in total. The quantitative estimate of drug-likeness (QED) is 0.643. The number of halogens is 2. The first-order valence-corrected chi connectivity index (χ1v) is 6.23. The first-order chi connectivity index (χ1) is 8.99. The van der Waals surface area contributed by atoms with Crippen LogP contribution in [0.2, 0.25) is 10.0 Å².